The van der Waals surface area contributed by atoms with Crippen molar-refractivity contribution in [1.82, 2.24) is 4.98 Å². The van der Waals surface area contributed by atoms with E-state index in [0.717, 1.165) is 15.3 Å². The molecule has 1 N–H and O–H groups in total. The van der Waals surface area contributed by atoms with Crippen LogP contribution in [0.5, 0.6) is 0 Å². The van der Waals surface area contributed by atoms with Crippen LogP contribution in [0.2, 0.25) is 0 Å². The molecule has 3 aromatic rings. The smallest absolute Gasteiger partial charge is 0.204 e. The minimum absolute atomic E-state index is 0.676. The summed E-state index contributed by atoms with van der Waals surface area (Å²) < 4.78 is 7.11. The van der Waals surface area contributed by atoms with Gasteiger partial charge >= 0.3 is 0 Å². The predicted octanol–water partition coefficient (Wildman–Crippen LogP) is 4.10. The molecule has 18 heavy (non-hydrogen) atoms. The Labute approximate surface area is 115 Å². The molecule has 0 aliphatic rings. The minimum atomic E-state index is 0.676. The first-order valence-electron chi connectivity index (χ1n) is 5.21. The van der Waals surface area contributed by atoms with Gasteiger partial charge in [-0.25, -0.2) is 4.98 Å². The van der Waals surface area contributed by atoms with Crippen molar-refractivity contribution < 1.29 is 4.42 Å². The number of hydrogen-bond donors (Lipinski definition) is 1. The molecule has 4 nitrogen and oxygen atoms in total. The van der Waals surface area contributed by atoms with E-state index in [1.165, 1.54) is 0 Å². The van der Waals surface area contributed by atoms with Crippen molar-refractivity contribution >= 4 is 48.8 Å². The van der Waals surface area contributed by atoms with Crippen LogP contribution in [0.25, 0.3) is 10.2 Å². The van der Waals surface area contributed by atoms with Gasteiger partial charge < -0.3 is 4.42 Å². The van der Waals surface area contributed by atoms with Crippen molar-refractivity contribution in [1.29, 1.82) is 0 Å². The number of nitrogens with zero attached hydrogens (tertiary/aromatic N) is 2. The monoisotopic (exact) mass is 321 g/mol. The fourth-order valence-corrected chi connectivity index (χ4v) is 2.60. The van der Waals surface area contributed by atoms with Gasteiger partial charge in [-0.1, -0.05) is 23.5 Å². The fraction of sp³-hybridized carbons (Fsp3) is 0. The first-order valence-corrected chi connectivity index (χ1v) is 6.82. The van der Waals surface area contributed by atoms with Crippen LogP contribution >= 0.6 is 27.3 Å². The third kappa shape index (κ3) is 2.44. The molecule has 3 rings (SSSR count). The molecule has 2 aromatic heterocycles. The molecule has 0 saturated carbocycles. The second-order valence-corrected chi connectivity index (χ2v) is 5.31. The van der Waals surface area contributed by atoms with Gasteiger partial charge in [0.1, 0.15) is 5.76 Å². The van der Waals surface area contributed by atoms with Crippen LogP contribution < -0.4 is 5.43 Å². The zero-order valence-electron chi connectivity index (χ0n) is 9.13. The molecule has 0 aliphatic heterocycles. The van der Waals surface area contributed by atoms with E-state index in [-0.39, 0.29) is 0 Å². The van der Waals surface area contributed by atoms with Gasteiger partial charge in [0, 0.05) is 0 Å². The Morgan fingerprint density at radius 2 is 2.17 bits per heavy atom. The number of fused-ring (bicyclic) bond motifs is 1. The average Bonchev–Trinajstić information content (AvgIpc) is 2.95. The molecule has 1 aromatic carbocycles. The first kappa shape index (κ1) is 11.4. The number of anilines is 1. The molecule has 0 atom stereocenters. The van der Waals surface area contributed by atoms with E-state index in [1.54, 1.807) is 17.6 Å². The number of aromatic nitrogens is 1. The molecule has 90 valence electrons. The Kier molecular flexibility index (Phi) is 3.12. The maximum Gasteiger partial charge on any atom is 0.204 e. The van der Waals surface area contributed by atoms with E-state index in [0.29, 0.717) is 10.4 Å². The molecular weight excluding hydrogens is 314 g/mol. The third-order valence-electron chi connectivity index (χ3n) is 2.24. The molecule has 0 unspecified atom stereocenters. The van der Waals surface area contributed by atoms with Crippen molar-refractivity contribution in [3.63, 3.8) is 0 Å². The standard InChI is InChI=1S/C12H8BrN3OS/c13-11-6-5-8(17-11)7-14-16-12-15-9-3-1-2-4-10(9)18-12/h1-7H,(H,15,16)/b14-7+. The summed E-state index contributed by atoms with van der Waals surface area (Å²) in [5.74, 6) is 0.676. The highest BCUT2D eigenvalue weighted by Gasteiger charge is 2.01. The van der Waals surface area contributed by atoms with Crippen molar-refractivity contribution in [2.45, 2.75) is 0 Å². The number of para-hydroxylation sites is 1. The Hall–Kier alpha value is -1.66. The Bertz CT molecular complexity index is 671. The lowest BCUT2D eigenvalue weighted by atomic mass is 10.3. The fourth-order valence-electron chi connectivity index (χ4n) is 1.47. The summed E-state index contributed by atoms with van der Waals surface area (Å²) in [5.41, 5.74) is 3.87. The van der Waals surface area contributed by atoms with Gasteiger partial charge in [0.05, 0.1) is 16.4 Å². The van der Waals surface area contributed by atoms with E-state index >= 15 is 0 Å². The van der Waals surface area contributed by atoms with Crippen molar-refractivity contribution in [2.24, 2.45) is 5.10 Å². The number of hydrogen-bond acceptors (Lipinski definition) is 5. The average molecular weight is 322 g/mol. The maximum atomic E-state index is 5.29. The third-order valence-corrected chi connectivity index (χ3v) is 3.61. The number of nitrogens with one attached hydrogen (secondary N) is 1. The molecule has 0 saturated heterocycles. The number of hydrazone groups is 1. The summed E-state index contributed by atoms with van der Waals surface area (Å²) in [5, 5.41) is 4.84. The summed E-state index contributed by atoms with van der Waals surface area (Å²) >= 11 is 4.79. The lowest BCUT2D eigenvalue weighted by Gasteiger charge is -1.90. The summed E-state index contributed by atoms with van der Waals surface area (Å²) in [6.45, 7) is 0. The summed E-state index contributed by atoms with van der Waals surface area (Å²) in [4.78, 5) is 4.40. The van der Waals surface area contributed by atoms with Gasteiger partial charge in [-0.2, -0.15) is 5.10 Å². The molecule has 0 fully saturated rings. The lowest BCUT2D eigenvalue weighted by molar-refractivity contribution is 0.534. The number of thiazole rings is 1. The highest BCUT2D eigenvalue weighted by molar-refractivity contribution is 9.10. The lowest BCUT2D eigenvalue weighted by Crippen LogP contribution is -1.88. The second kappa shape index (κ2) is 4.91. The second-order valence-electron chi connectivity index (χ2n) is 3.50. The van der Waals surface area contributed by atoms with Crippen LogP contribution in [-0.2, 0) is 0 Å². The Morgan fingerprint density at radius 1 is 1.28 bits per heavy atom. The van der Waals surface area contributed by atoms with Gasteiger partial charge in [0.2, 0.25) is 5.13 Å². The van der Waals surface area contributed by atoms with Gasteiger partial charge in [0.15, 0.2) is 4.67 Å². The van der Waals surface area contributed by atoms with Crippen LogP contribution in [0.1, 0.15) is 5.76 Å². The van der Waals surface area contributed by atoms with Crippen LogP contribution in [0.4, 0.5) is 5.13 Å². The molecule has 0 amide bonds. The van der Waals surface area contributed by atoms with Crippen LogP contribution in [0.15, 0.2) is 50.6 Å². The summed E-state index contributed by atoms with van der Waals surface area (Å²) in [7, 11) is 0. The topological polar surface area (TPSA) is 50.4 Å². The molecule has 0 aliphatic carbocycles. The zero-order chi connectivity index (χ0) is 12.4. The van der Waals surface area contributed by atoms with Crippen molar-refractivity contribution in [3.8, 4) is 0 Å². The highest BCUT2D eigenvalue weighted by Crippen LogP contribution is 2.25. The quantitative estimate of drug-likeness (QED) is 0.583. The number of halogens is 1. The normalized spacial score (nSPS) is 11.4. The summed E-state index contributed by atoms with van der Waals surface area (Å²) in [6.07, 6.45) is 1.61. The number of benzene rings is 1. The molecule has 0 radical (unpaired) electrons. The van der Waals surface area contributed by atoms with Gasteiger partial charge in [-0.05, 0) is 40.2 Å². The van der Waals surface area contributed by atoms with Gasteiger partial charge in [-0.3, -0.25) is 5.43 Å². The van der Waals surface area contributed by atoms with Crippen LogP contribution in [-0.4, -0.2) is 11.2 Å². The number of furan rings is 1. The van der Waals surface area contributed by atoms with E-state index < -0.39 is 0 Å². The van der Waals surface area contributed by atoms with E-state index in [2.05, 4.69) is 31.4 Å². The largest absolute Gasteiger partial charge is 0.448 e. The predicted molar refractivity (Wildman–Crippen MR) is 77.2 cm³/mol. The molecule has 2 heterocycles. The molecule has 0 spiro atoms. The zero-order valence-corrected chi connectivity index (χ0v) is 11.5. The van der Waals surface area contributed by atoms with Crippen LogP contribution in [0.3, 0.4) is 0 Å². The Balaban J connectivity index is 1.74. The molecule has 6 heteroatoms. The van der Waals surface area contributed by atoms with Crippen molar-refractivity contribution in [3.05, 3.63) is 46.8 Å². The van der Waals surface area contributed by atoms with Gasteiger partial charge in [-0.15, -0.1) is 0 Å². The maximum absolute atomic E-state index is 5.29. The highest BCUT2D eigenvalue weighted by atomic mass is 79.9. The first-order chi connectivity index (χ1) is 8.81. The molecule has 0 bridgehead atoms. The summed E-state index contributed by atoms with van der Waals surface area (Å²) in [6, 6.07) is 11.6. The minimum Gasteiger partial charge on any atom is -0.448 e. The van der Waals surface area contributed by atoms with E-state index in [1.807, 2.05) is 36.4 Å². The SMILES string of the molecule is Brc1ccc(/C=N/Nc2nc3ccccc3s2)o1. The van der Waals surface area contributed by atoms with Crippen LogP contribution in [0, 0.1) is 0 Å². The van der Waals surface area contributed by atoms with E-state index in [4.69, 9.17) is 4.42 Å². The van der Waals surface area contributed by atoms with Gasteiger partial charge in [0.25, 0.3) is 0 Å². The molecular formula is C12H8BrN3OS. The van der Waals surface area contributed by atoms with Crippen molar-refractivity contribution in [2.75, 3.05) is 5.43 Å². The number of rotatable bonds is 3. The Morgan fingerprint density at radius 3 is 2.94 bits per heavy atom. The van der Waals surface area contributed by atoms with E-state index in [9.17, 15) is 0 Å².